The Bertz CT molecular complexity index is 369. The molecule has 2 heteroatoms. The lowest BCUT2D eigenvalue weighted by atomic mass is 9.95. The third-order valence-corrected chi connectivity index (χ3v) is 3.50. The predicted molar refractivity (Wildman–Crippen MR) is 75.8 cm³/mol. The van der Waals surface area contributed by atoms with Gasteiger partial charge in [-0.05, 0) is 17.5 Å². The van der Waals surface area contributed by atoms with Gasteiger partial charge in [0, 0.05) is 18.5 Å². The van der Waals surface area contributed by atoms with Crippen molar-refractivity contribution in [3.8, 4) is 0 Å². The summed E-state index contributed by atoms with van der Waals surface area (Å²) in [6, 6.07) is 8.90. The molecule has 0 bridgehead atoms. The molecule has 0 aliphatic carbocycles. The van der Waals surface area contributed by atoms with Crippen LogP contribution in [0, 0.1) is 5.41 Å². The fraction of sp³-hybridized carbons (Fsp3) is 0.625. The molecule has 1 aromatic rings. The van der Waals surface area contributed by atoms with Gasteiger partial charge in [0.2, 0.25) is 0 Å². The number of hydrogen-bond acceptors (Lipinski definition) is 2. The van der Waals surface area contributed by atoms with Crippen LogP contribution >= 0.6 is 0 Å². The van der Waals surface area contributed by atoms with Gasteiger partial charge in [-0.1, -0.05) is 51.5 Å². The van der Waals surface area contributed by atoms with Crippen molar-refractivity contribution < 1.29 is 4.74 Å². The number of nitrogens with one attached hydrogen (secondary N) is 1. The van der Waals surface area contributed by atoms with E-state index in [0.717, 1.165) is 26.1 Å². The van der Waals surface area contributed by atoms with E-state index in [9.17, 15) is 0 Å². The van der Waals surface area contributed by atoms with Crippen LogP contribution in [-0.4, -0.2) is 19.7 Å². The van der Waals surface area contributed by atoms with Gasteiger partial charge >= 0.3 is 0 Å². The van der Waals surface area contributed by atoms with Crippen LogP contribution < -0.4 is 5.32 Å². The number of ether oxygens (including phenoxy) is 1. The zero-order valence-electron chi connectivity index (χ0n) is 11.8. The fourth-order valence-corrected chi connectivity index (χ4v) is 2.38. The molecule has 1 atom stereocenters. The lowest BCUT2D eigenvalue weighted by molar-refractivity contribution is 0.0260. The Morgan fingerprint density at radius 2 is 2.00 bits per heavy atom. The first-order valence-corrected chi connectivity index (χ1v) is 7.02. The summed E-state index contributed by atoms with van der Waals surface area (Å²) in [5, 5.41) is 3.50. The van der Waals surface area contributed by atoms with Crippen LogP contribution in [0.1, 0.15) is 44.4 Å². The summed E-state index contributed by atoms with van der Waals surface area (Å²) in [5.41, 5.74) is 2.94. The Morgan fingerprint density at radius 1 is 1.28 bits per heavy atom. The number of benzene rings is 1. The molecule has 0 amide bonds. The maximum absolute atomic E-state index is 6.04. The molecule has 1 aliphatic rings. The molecule has 0 radical (unpaired) electrons. The van der Waals surface area contributed by atoms with Gasteiger partial charge in [0.25, 0.3) is 0 Å². The summed E-state index contributed by atoms with van der Waals surface area (Å²) >= 11 is 0. The molecular formula is C16H25NO. The lowest BCUT2D eigenvalue weighted by Crippen LogP contribution is -2.29. The second-order valence-corrected chi connectivity index (χ2v) is 6.09. The van der Waals surface area contributed by atoms with Crippen molar-refractivity contribution >= 4 is 0 Å². The first-order valence-electron chi connectivity index (χ1n) is 7.02. The maximum atomic E-state index is 6.04. The Morgan fingerprint density at radius 3 is 2.67 bits per heavy atom. The van der Waals surface area contributed by atoms with E-state index in [1.807, 2.05) is 0 Å². The highest BCUT2D eigenvalue weighted by Gasteiger charge is 2.25. The van der Waals surface area contributed by atoms with Crippen molar-refractivity contribution in [2.24, 2.45) is 5.41 Å². The quantitative estimate of drug-likeness (QED) is 0.884. The molecule has 1 aliphatic heterocycles. The topological polar surface area (TPSA) is 21.3 Å². The van der Waals surface area contributed by atoms with Crippen molar-refractivity contribution in [1.29, 1.82) is 0 Å². The number of rotatable bonds is 3. The van der Waals surface area contributed by atoms with Gasteiger partial charge in [-0.2, -0.15) is 0 Å². The normalized spacial score (nSPS) is 23.6. The van der Waals surface area contributed by atoms with Gasteiger partial charge < -0.3 is 10.1 Å². The van der Waals surface area contributed by atoms with E-state index in [2.05, 4.69) is 50.4 Å². The summed E-state index contributed by atoms with van der Waals surface area (Å²) in [7, 11) is 0. The van der Waals surface area contributed by atoms with Crippen molar-refractivity contribution in [3.63, 3.8) is 0 Å². The van der Waals surface area contributed by atoms with E-state index in [1.165, 1.54) is 17.5 Å². The zero-order chi connectivity index (χ0) is 13.0. The molecule has 100 valence electrons. The molecule has 2 rings (SSSR count). The molecule has 1 saturated heterocycles. The van der Waals surface area contributed by atoms with Crippen LogP contribution in [0.15, 0.2) is 24.3 Å². The third kappa shape index (κ3) is 3.56. The van der Waals surface area contributed by atoms with Gasteiger partial charge in [-0.25, -0.2) is 0 Å². The molecule has 1 unspecified atom stereocenters. The van der Waals surface area contributed by atoms with E-state index in [0.29, 0.717) is 0 Å². The third-order valence-electron chi connectivity index (χ3n) is 3.50. The van der Waals surface area contributed by atoms with E-state index in [-0.39, 0.29) is 11.5 Å². The molecule has 2 nitrogen and oxygen atoms in total. The van der Waals surface area contributed by atoms with Crippen LogP contribution in [0.3, 0.4) is 0 Å². The Kier molecular flexibility index (Phi) is 4.41. The number of aryl methyl sites for hydroxylation is 1. The van der Waals surface area contributed by atoms with Gasteiger partial charge in [0.05, 0.1) is 12.7 Å². The van der Waals surface area contributed by atoms with E-state index < -0.39 is 0 Å². The fourth-order valence-electron chi connectivity index (χ4n) is 2.38. The summed E-state index contributed by atoms with van der Waals surface area (Å²) in [4.78, 5) is 0. The van der Waals surface area contributed by atoms with Crippen LogP contribution in [-0.2, 0) is 11.2 Å². The van der Waals surface area contributed by atoms with Crippen molar-refractivity contribution in [1.82, 2.24) is 5.32 Å². The molecule has 1 fully saturated rings. The van der Waals surface area contributed by atoms with Crippen molar-refractivity contribution in [2.45, 2.75) is 39.7 Å². The Hall–Kier alpha value is -0.860. The largest absolute Gasteiger partial charge is 0.372 e. The standard InChI is InChI=1S/C16H25NO/c1-4-5-13-6-8-14(9-7-13)15-10-17-11-16(2,3)12-18-15/h6-9,15,17H,4-5,10-12H2,1-3H3. The Balaban J connectivity index is 2.02. The minimum Gasteiger partial charge on any atom is -0.372 e. The van der Waals surface area contributed by atoms with Gasteiger partial charge in [-0.15, -0.1) is 0 Å². The monoisotopic (exact) mass is 247 g/mol. The molecule has 18 heavy (non-hydrogen) atoms. The minimum absolute atomic E-state index is 0.197. The highest BCUT2D eigenvalue weighted by Crippen LogP contribution is 2.25. The summed E-state index contributed by atoms with van der Waals surface area (Å²) in [5.74, 6) is 0. The highest BCUT2D eigenvalue weighted by atomic mass is 16.5. The van der Waals surface area contributed by atoms with E-state index in [1.54, 1.807) is 0 Å². The summed E-state index contributed by atoms with van der Waals surface area (Å²) in [6.07, 6.45) is 2.56. The van der Waals surface area contributed by atoms with Crippen molar-refractivity contribution in [2.75, 3.05) is 19.7 Å². The first kappa shape index (κ1) is 13.6. The first-order chi connectivity index (χ1) is 8.61. The molecule has 1 N–H and O–H groups in total. The number of hydrogen-bond donors (Lipinski definition) is 1. The van der Waals surface area contributed by atoms with Gasteiger partial charge in [-0.3, -0.25) is 0 Å². The van der Waals surface area contributed by atoms with Crippen LogP contribution in [0.4, 0.5) is 0 Å². The van der Waals surface area contributed by atoms with Gasteiger partial charge in [0.15, 0.2) is 0 Å². The zero-order valence-corrected chi connectivity index (χ0v) is 11.8. The molecule has 0 spiro atoms. The van der Waals surface area contributed by atoms with Crippen LogP contribution in [0.25, 0.3) is 0 Å². The highest BCUT2D eigenvalue weighted by molar-refractivity contribution is 5.24. The molecule has 0 aromatic heterocycles. The maximum Gasteiger partial charge on any atom is 0.0949 e. The van der Waals surface area contributed by atoms with E-state index in [4.69, 9.17) is 4.74 Å². The average molecular weight is 247 g/mol. The molecule has 1 heterocycles. The van der Waals surface area contributed by atoms with Crippen molar-refractivity contribution in [3.05, 3.63) is 35.4 Å². The average Bonchev–Trinajstić information content (AvgIpc) is 2.52. The molecule has 0 saturated carbocycles. The smallest absolute Gasteiger partial charge is 0.0949 e. The second kappa shape index (κ2) is 5.85. The second-order valence-electron chi connectivity index (χ2n) is 6.09. The van der Waals surface area contributed by atoms with Crippen LogP contribution in [0.2, 0.25) is 0 Å². The predicted octanol–water partition coefficient (Wildman–Crippen LogP) is 3.33. The van der Waals surface area contributed by atoms with Gasteiger partial charge in [0.1, 0.15) is 0 Å². The Labute approximate surface area is 111 Å². The minimum atomic E-state index is 0.197. The van der Waals surface area contributed by atoms with Crippen LogP contribution in [0.5, 0.6) is 0 Å². The van der Waals surface area contributed by atoms with E-state index >= 15 is 0 Å². The molecular weight excluding hydrogens is 222 g/mol. The SMILES string of the molecule is CCCc1ccc(C2CNCC(C)(C)CO2)cc1. The molecule has 1 aromatic carbocycles. The lowest BCUT2D eigenvalue weighted by Gasteiger charge is -2.21. The summed E-state index contributed by atoms with van der Waals surface area (Å²) in [6.45, 7) is 9.46. The summed E-state index contributed by atoms with van der Waals surface area (Å²) < 4.78 is 6.04.